The molecule has 0 atom stereocenters. The molecule has 0 amide bonds. The zero-order valence-electron chi connectivity index (χ0n) is 15.5. The van der Waals surface area contributed by atoms with Crippen LogP contribution in [0.5, 0.6) is 0 Å². The summed E-state index contributed by atoms with van der Waals surface area (Å²) in [7, 11) is 0. The van der Waals surface area contributed by atoms with Crippen molar-refractivity contribution in [2.75, 3.05) is 0 Å². The first-order valence-corrected chi connectivity index (χ1v) is 9.43. The van der Waals surface area contributed by atoms with E-state index in [9.17, 15) is 0 Å². The van der Waals surface area contributed by atoms with Gasteiger partial charge < -0.3 is 9.09 Å². The molecular weight excluding hydrogens is 348 g/mol. The van der Waals surface area contributed by atoms with Crippen molar-refractivity contribution >= 4 is 23.3 Å². The molecule has 1 fully saturated rings. The van der Waals surface area contributed by atoms with Gasteiger partial charge in [-0.25, -0.2) is 9.97 Å². The normalized spacial score (nSPS) is 13.7. The molecule has 1 saturated carbocycles. The topological polar surface area (TPSA) is 56.7 Å². The third-order valence-corrected chi connectivity index (χ3v) is 5.17. The Bertz CT molecular complexity index is 1160. The molecule has 1 aliphatic rings. The first-order valence-electron chi connectivity index (χ1n) is 9.43. The number of benzene rings is 1. The van der Waals surface area contributed by atoms with Crippen LogP contribution in [0, 0.1) is 0 Å². The van der Waals surface area contributed by atoms with Crippen molar-refractivity contribution in [2.24, 2.45) is 0 Å². The molecule has 0 saturated heterocycles. The molecule has 0 radical (unpaired) electrons. The summed E-state index contributed by atoms with van der Waals surface area (Å²) in [4.78, 5) is 9.50. The molecular formula is C23H20N4O. The number of hydrogen-bond acceptors (Lipinski definition) is 4. The minimum Gasteiger partial charge on any atom is -0.356 e. The molecule has 0 bridgehead atoms. The minimum atomic E-state index is 0.532. The highest BCUT2D eigenvalue weighted by molar-refractivity contribution is 5.84. The van der Waals surface area contributed by atoms with E-state index in [1.165, 1.54) is 18.4 Å². The van der Waals surface area contributed by atoms with Gasteiger partial charge >= 0.3 is 0 Å². The van der Waals surface area contributed by atoms with Crippen molar-refractivity contribution in [1.29, 1.82) is 0 Å². The second-order valence-corrected chi connectivity index (χ2v) is 7.10. The van der Waals surface area contributed by atoms with Gasteiger partial charge in [0.2, 0.25) is 0 Å². The maximum absolute atomic E-state index is 5.39. The van der Waals surface area contributed by atoms with Gasteiger partial charge in [0, 0.05) is 24.2 Å². The summed E-state index contributed by atoms with van der Waals surface area (Å²) in [5.74, 6) is 2.28. The molecule has 0 aliphatic heterocycles. The standard InChI is InChI=1S/C23H20N4O/c1-3-18-21(20(4-2)28-26-18)17-12-19-22(24-13-17)25-23(16-10-11-16)27(19)14-15-8-6-5-7-9-15/h3-9,12-13,16H,1-2,10-11,14H2. The van der Waals surface area contributed by atoms with Crippen molar-refractivity contribution < 1.29 is 4.52 Å². The molecule has 5 nitrogen and oxygen atoms in total. The molecule has 0 N–H and O–H groups in total. The summed E-state index contributed by atoms with van der Waals surface area (Å²) in [6.07, 6.45) is 7.56. The van der Waals surface area contributed by atoms with Crippen LogP contribution in [0.2, 0.25) is 0 Å². The number of fused-ring (bicyclic) bond motifs is 1. The molecule has 0 unspecified atom stereocenters. The van der Waals surface area contributed by atoms with Crippen LogP contribution >= 0.6 is 0 Å². The van der Waals surface area contributed by atoms with E-state index in [2.05, 4.69) is 58.2 Å². The van der Waals surface area contributed by atoms with Crippen molar-refractivity contribution in [2.45, 2.75) is 25.3 Å². The zero-order valence-corrected chi connectivity index (χ0v) is 15.5. The molecule has 5 rings (SSSR count). The molecule has 28 heavy (non-hydrogen) atoms. The van der Waals surface area contributed by atoms with Gasteiger partial charge in [0.15, 0.2) is 11.4 Å². The van der Waals surface area contributed by atoms with Crippen LogP contribution in [0.25, 0.3) is 34.4 Å². The third kappa shape index (κ3) is 2.76. The maximum atomic E-state index is 5.39. The number of nitrogens with zero attached hydrogens (tertiary/aromatic N) is 4. The molecule has 3 aromatic heterocycles. The highest BCUT2D eigenvalue weighted by Crippen LogP contribution is 2.41. The van der Waals surface area contributed by atoms with Crippen LogP contribution in [-0.4, -0.2) is 19.7 Å². The van der Waals surface area contributed by atoms with Gasteiger partial charge in [-0.3, -0.25) is 0 Å². The Labute approximate surface area is 163 Å². The quantitative estimate of drug-likeness (QED) is 0.463. The summed E-state index contributed by atoms with van der Waals surface area (Å²) < 4.78 is 7.69. The van der Waals surface area contributed by atoms with Crippen molar-refractivity contribution in [3.8, 4) is 11.1 Å². The van der Waals surface area contributed by atoms with Crippen molar-refractivity contribution in [1.82, 2.24) is 19.7 Å². The van der Waals surface area contributed by atoms with Crippen LogP contribution in [-0.2, 0) is 6.54 Å². The Hall–Kier alpha value is -3.47. The number of aromatic nitrogens is 4. The minimum absolute atomic E-state index is 0.532. The molecule has 5 heteroatoms. The Kier molecular flexibility index (Phi) is 3.93. The second kappa shape index (κ2) is 6.60. The number of hydrogen-bond donors (Lipinski definition) is 0. The van der Waals surface area contributed by atoms with Gasteiger partial charge in [0.05, 0.1) is 11.1 Å². The van der Waals surface area contributed by atoms with Gasteiger partial charge in [0.25, 0.3) is 0 Å². The van der Waals surface area contributed by atoms with Gasteiger partial charge in [0.1, 0.15) is 11.5 Å². The molecule has 4 aromatic rings. The van der Waals surface area contributed by atoms with Gasteiger partial charge in [-0.1, -0.05) is 48.6 Å². The van der Waals surface area contributed by atoms with E-state index in [4.69, 9.17) is 9.51 Å². The highest BCUT2D eigenvalue weighted by Gasteiger charge is 2.30. The highest BCUT2D eigenvalue weighted by atomic mass is 16.5. The number of imidazole rings is 1. The van der Waals surface area contributed by atoms with E-state index in [1.807, 2.05) is 12.3 Å². The molecule has 3 heterocycles. The average molecular weight is 368 g/mol. The van der Waals surface area contributed by atoms with Gasteiger partial charge in [-0.15, -0.1) is 0 Å². The number of pyridine rings is 1. The summed E-state index contributed by atoms with van der Waals surface area (Å²) in [5, 5.41) is 4.08. The van der Waals surface area contributed by atoms with Crippen molar-refractivity contribution in [3.63, 3.8) is 0 Å². The predicted octanol–water partition coefficient (Wildman–Crippen LogP) is 5.30. The molecule has 0 spiro atoms. The fraction of sp³-hybridized carbons (Fsp3) is 0.174. The van der Waals surface area contributed by atoms with E-state index >= 15 is 0 Å². The summed E-state index contributed by atoms with van der Waals surface area (Å²) in [5.41, 5.74) is 5.52. The lowest BCUT2D eigenvalue weighted by Crippen LogP contribution is -2.04. The zero-order chi connectivity index (χ0) is 19.1. The third-order valence-electron chi connectivity index (χ3n) is 5.17. The van der Waals surface area contributed by atoms with E-state index < -0.39 is 0 Å². The Morgan fingerprint density at radius 3 is 2.68 bits per heavy atom. The van der Waals surface area contributed by atoms with Gasteiger partial charge in [-0.05, 0) is 36.6 Å². The van der Waals surface area contributed by atoms with E-state index in [0.29, 0.717) is 17.4 Å². The molecule has 1 aromatic carbocycles. The first kappa shape index (κ1) is 16.7. The fourth-order valence-corrected chi connectivity index (χ4v) is 3.63. The number of rotatable bonds is 6. The lowest BCUT2D eigenvalue weighted by Gasteiger charge is -2.09. The van der Waals surface area contributed by atoms with E-state index in [1.54, 1.807) is 12.2 Å². The van der Waals surface area contributed by atoms with Gasteiger partial charge in [-0.2, -0.15) is 0 Å². The Morgan fingerprint density at radius 2 is 1.96 bits per heavy atom. The summed E-state index contributed by atoms with van der Waals surface area (Å²) in [6.45, 7) is 8.45. The largest absolute Gasteiger partial charge is 0.356 e. The average Bonchev–Trinajstić information content (AvgIpc) is 3.40. The Morgan fingerprint density at radius 1 is 1.14 bits per heavy atom. The smallest absolute Gasteiger partial charge is 0.177 e. The van der Waals surface area contributed by atoms with Crippen LogP contribution < -0.4 is 0 Å². The monoisotopic (exact) mass is 368 g/mol. The first-order chi connectivity index (χ1) is 13.8. The van der Waals surface area contributed by atoms with Crippen LogP contribution in [0.3, 0.4) is 0 Å². The Balaban J connectivity index is 1.69. The predicted molar refractivity (Wildman–Crippen MR) is 111 cm³/mol. The summed E-state index contributed by atoms with van der Waals surface area (Å²) in [6, 6.07) is 12.6. The second-order valence-electron chi connectivity index (χ2n) is 7.10. The summed E-state index contributed by atoms with van der Waals surface area (Å²) >= 11 is 0. The maximum Gasteiger partial charge on any atom is 0.177 e. The lowest BCUT2D eigenvalue weighted by atomic mass is 10.0. The van der Waals surface area contributed by atoms with Crippen LogP contribution in [0.4, 0.5) is 0 Å². The lowest BCUT2D eigenvalue weighted by molar-refractivity contribution is 0.412. The van der Waals surface area contributed by atoms with Crippen LogP contribution in [0.15, 0.2) is 60.3 Å². The van der Waals surface area contributed by atoms with Crippen molar-refractivity contribution in [3.05, 3.63) is 78.6 Å². The SMILES string of the molecule is C=Cc1noc(C=C)c1-c1cnc2nc(C3CC3)n(Cc3ccccc3)c2c1. The van der Waals surface area contributed by atoms with E-state index in [0.717, 1.165) is 34.7 Å². The van der Waals surface area contributed by atoms with Crippen LogP contribution in [0.1, 0.15) is 41.6 Å². The molecule has 138 valence electrons. The fourth-order valence-electron chi connectivity index (χ4n) is 3.63. The van der Waals surface area contributed by atoms with E-state index in [-0.39, 0.29) is 0 Å². The molecule has 1 aliphatic carbocycles.